The van der Waals surface area contributed by atoms with Gasteiger partial charge < -0.3 is 24.8 Å². The summed E-state index contributed by atoms with van der Waals surface area (Å²) in [6.45, 7) is 2.24. The van der Waals surface area contributed by atoms with Gasteiger partial charge >= 0.3 is 0 Å². The molecule has 0 bridgehead atoms. The number of aryl methyl sites for hydroxylation is 1. The summed E-state index contributed by atoms with van der Waals surface area (Å²) in [4.78, 5) is 4.44. The van der Waals surface area contributed by atoms with Crippen molar-refractivity contribution in [2.24, 2.45) is 0 Å². The van der Waals surface area contributed by atoms with E-state index >= 15 is 0 Å². The second-order valence-electron chi connectivity index (χ2n) is 5.69. The molecule has 4 rings (SSSR count). The normalized spacial score (nSPS) is 11.9. The first-order chi connectivity index (χ1) is 12.7. The summed E-state index contributed by atoms with van der Waals surface area (Å²) < 4.78 is 16.0. The number of ether oxygens (including phenoxy) is 3. The summed E-state index contributed by atoms with van der Waals surface area (Å²) in [7, 11) is 1.63. The molecule has 3 aromatic rings. The van der Waals surface area contributed by atoms with Crippen LogP contribution >= 0.6 is 0 Å². The number of benzene rings is 2. The van der Waals surface area contributed by atoms with Gasteiger partial charge in [-0.25, -0.2) is 0 Å². The highest BCUT2D eigenvalue weighted by atomic mass is 16.7. The van der Waals surface area contributed by atoms with E-state index in [2.05, 4.69) is 25.8 Å². The van der Waals surface area contributed by atoms with Gasteiger partial charge in [-0.3, -0.25) is 0 Å². The van der Waals surface area contributed by atoms with Crippen molar-refractivity contribution < 1.29 is 14.2 Å². The molecule has 2 heterocycles. The molecule has 0 amide bonds. The van der Waals surface area contributed by atoms with Crippen molar-refractivity contribution in [3.05, 3.63) is 48.2 Å². The Bertz CT molecular complexity index is 948. The van der Waals surface area contributed by atoms with Crippen LogP contribution in [0.5, 0.6) is 17.2 Å². The molecule has 132 valence electrons. The molecule has 0 fully saturated rings. The van der Waals surface area contributed by atoms with Gasteiger partial charge in [0.05, 0.1) is 19.0 Å². The smallest absolute Gasteiger partial charge is 0.249 e. The molecule has 0 radical (unpaired) electrons. The van der Waals surface area contributed by atoms with Gasteiger partial charge in [-0.1, -0.05) is 6.07 Å². The molecule has 1 aliphatic rings. The monoisotopic (exact) mass is 351 g/mol. The fraction of sp³-hybridized carbons (Fsp3) is 0.167. The molecule has 26 heavy (non-hydrogen) atoms. The predicted octanol–water partition coefficient (Wildman–Crippen LogP) is 3.40. The lowest BCUT2D eigenvalue weighted by atomic mass is 10.2. The molecule has 1 aliphatic heterocycles. The Hall–Kier alpha value is -3.55. The summed E-state index contributed by atoms with van der Waals surface area (Å²) in [5.41, 5.74) is 2.69. The lowest BCUT2D eigenvalue weighted by molar-refractivity contribution is 0.174. The molecule has 0 saturated heterocycles. The van der Waals surface area contributed by atoms with Crippen molar-refractivity contribution in [1.82, 2.24) is 15.2 Å². The Labute approximate surface area is 150 Å². The fourth-order valence-electron chi connectivity index (χ4n) is 2.58. The Morgan fingerprint density at radius 2 is 1.92 bits per heavy atom. The summed E-state index contributed by atoms with van der Waals surface area (Å²) >= 11 is 0. The minimum atomic E-state index is 0.231. The molecule has 0 spiro atoms. The van der Waals surface area contributed by atoms with Crippen LogP contribution in [0.4, 0.5) is 23.1 Å². The average molecular weight is 351 g/mol. The zero-order valence-electron chi connectivity index (χ0n) is 14.3. The molecule has 1 aromatic heterocycles. The molecule has 2 N–H and O–H groups in total. The van der Waals surface area contributed by atoms with Gasteiger partial charge in [0, 0.05) is 11.8 Å². The van der Waals surface area contributed by atoms with Crippen LogP contribution in [0.15, 0.2) is 42.6 Å². The first kappa shape index (κ1) is 15.9. The van der Waals surface area contributed by atoms with Gasteiger partial charge in [0.25, 0.3) is 0 Å². The highest BCUT2D eigenvalue weighted by Crippen LogP contribution is 2.35. The number of nitrogens with one attached hydrogen (secondary N) is 2. The Kier molecular flexibility index (Phi) is 4.14. The SMILES string of the molecule is COc1ccc(C)cc1Nc1cnnc(Nc2ccc3c(c2)OCO3)n1. The Balaban J connectivity index is 1.54. The number of hydrogen-bond acceptors (Lipinski definition) is 8. The largest absolute Gasteiger partial charge is 0.495 e. The van der Waals surface area contributed by atoms with Crippen LogP contribution < -0.4 is 24.8 Å². The van der Waals surface area contributed by atoms with Crippen molar-refractivity contribution >= 4 is 23.1 Å². The van der Waals surface area contributed by atoms with E-state index < -0.39 is 0 Å². The minimum Gasteiger partial charge on any atom is -0.495 e. The fourth-order valence-corrected chi connectivity index (χ4v) is 2.58. The van der Waals surface area contributed by atoms with Crippen LogP contribution in [-0.2, 0) is 0 Å². The quantitative estimate of drug-likeness (QED) is 0.723. The van der Waals surface area contributed by atoms with E-state index in [0.717, 1.165) is 28.4 Å². The van der Waals surface area contributed by atoms with E-state index in [4.69, 9.17) is 14.2 Å². The molecule has 0 atom stereocenters. The highest BCUT2D eigenvalue weighted by Gasteiger charge is 2.14. The average Bonchev–Trinajstić information content (AvgIpc) is 3.10. The first-order valence-electron chi connectivity index (χ1n) is 7.99. The zero-order chi connectivity index (χ0) is 17.9. The predicted molar refractivity (Wildman–Crippen MR) is 96.7 cm³/mol. The third-order valence-electron chi connectivity index (χ3n) is 3.81. The summed E-state index contributed by atoms with van der Waals surface area (Å²) in [5.74, 6) is 3.03. The maximum atomic E-state index is 5.37. The van der Waals surface area contributed by atoms with Crippen molar-refractivity contribution in [3.8, 4) is 17.2 Å². The Morgan fingerprint density at radius 3 is 2.81 bits per heavy atom. The van der Waals surface area contributed by atoms with Crippen molar-refractivity contribution in [1.29, 1.82) is 0 Å². The lowest BCUT2D eigenvalue weighted by Gasteiger charge is -2.12. The van der Waals surface area contributed by atoms with Crippen LogP contribution in [0.2, 0.25) is 0 Å². The van der Waals surface area contributed by atoms with E-state index in [0.29, 0.717) is 17.5 Å². The maximum Gasteiger partial charge on any atom is 0.249 e. The molecule has 0 saturated carbocycles. The van der Waals surface area contributed by atoms with Crippen LogP contribution in [0.1, 0.15) is 5.56 Å². The van der Waals surface area contributed by atoms with Gasteiger partial charge in [-0.2, -0.15) is 10.1 Å². The number of rotatable bonds is 5. The molecular formula is C18H17N5O3. The van der Waals surface area contributed by atoms with Gasteiger partial charge in [0.2, 0.25) is 12.7 Å². The minimum absolute atomic E-state index is 0.231. The van der Waals surface area contributed by atoms with E-state index in [1.807, 2.05) is 43.3 Å². The van der Waals surface area contributed by atoms with E-state index in [9.17, 15) is 0 Å². The Morgan fingerprint density at radius 1 is 1.04 bits per heavy atom. The zero-order valence-corrected chi connectivity index (χ0v) is 14.3. The van der Waals surface area contributed by atoms with Crippen LogP contribution in [0.3, 0.4) is 0 Å². The molecular weight excluding hydrogens is 334 g/mol. The van der Waals surface area contributed by atoms with Crippen LogP contribution in [0.25, 0.3) is 0 Å². The lowest BCUT2D eigenvalue weighted by Crippen LogP contribution is -2.03. The van der Waals surface area contributed by atoms with Crippen molar-refractivity contribution in [2.75, 3.05) is 24.5 Å². The van der Waals surface area contributed by atoms with E-state index in [1.165, 1.54) is 0 Å². The van der Waals surface area contributed by atoms with Crippen LogP contribution in [-0.4, -0.2) is 29.1 Å². The molecule has 0 unspecified atom stereocenters. The third-order valence-corrected chi connectivity index (χ3v) is 3.81. The first-order valence-corrected chi connectivity index (χ1v) is 7.99. The number of hydrogen-bond donors (Lipinski definition) is 2. The number of methoxy groups -OCH3 is 1. The topological polar surface area (TPSA) is 90.4 Å². The number of nitrogens with zero attached hydrogens (tertiary/aromatic N) is 3. The number of fused-ring (bicyclic) bond motifs is 1. The number of aromatic nitrogens is 3. The van der Waals surface area contributed by atoms with E-state index in [-0.39, 0.29) is 6.79 Å². The second kappa shape index (κ2) is 6.75. The second-order valence-corrected chi connectivity index (χ2v) is 5.69. The van der Waals surface area contributed by atoms with Crippen molar-refractivity contribution in [2.45, 2.75) is 6.92 Å². The summed E-state index contributed by atoms with van der Waals surface area (Å²) in [6.07, 6.45) is 1.55. The number of anilines is 4. The maximum absolute atomic E-state index is 5.37. The molecule has 0 aliphatic carbocycles. The summed E-state index contributed by atoms with van der Waals surface area (Å²) in [6, 6.07) is 11.4. The van der Waals surface area contributed by atoms with Gasteiger partial charge in [-0.05, 0) is 36.8 Å². The summed E-state index contributed by atoms with van der Waals surface area (Å²) in [5, 5.41) is 14.3. The highest BCUT2D eigenvalue weighted by molar-refractivity contribution is 5.66. The van der Waals surface area contributed by atoms with Gasteiger partial charge in [0.1, 0.15) is 5.75 Å². The molecule has 8 nitrogen and oxygen atoms in total. The third kappa shape index (κ3) is 3.30. The van der Waals surface area contributed by atoms with Gasteiger partial charge in [-0.15, -0.1) is 5.10 Å². The molecule has 8 heteroatoms. The molecule has 2 aromatic carbocycles. The van der Waals surface area contributed by atoms with Gasteiger partial charge in [0.15, 0.2) is 17.3 Å². The van der Waals surface area contributed by atoms with E-state index in [1.54, 1.807) is 13.3 Å². The standard InChI is InChI=1S/C18H17N5O3/c1-11-3-5-14(24-2)13(7-11)21-17-9-19-23-18(22-17)20-12-4-6-15-16(8-12)26-10-25-15/h3-9H,10H2,1-2H3,(H2,20,21,22,23). The van der Waals surface area contributed by atoms with Crippen molar-refractivity contribution in [3.63, 3.8) is 0 Å². The van der Waals surface area contributed by atoms with Crippen LogP contribution in [0, 0.1) is 6.92 Å².